The molecule has 8 heteroatoms. The van der Waals surface area contributed by atoms with Crippen molar-refractivity contribution in [2.45, 2.75) is 11.8 Å². The topological polar surface area (TPSA) is 111 Å². The van der Waals surface area contributed by atoms with E-state index >= 15 is 0 Å². The van der Waals surface area contributed by atoms with Gasteiger partial charge >= 0.3 is 0 Å². The lowest BCUT2D eigenvalue weighted by Crippen LogP contribution is -2.00. The summed E-state index contributed by atoms with van der Waals surface area (Å²) in [4.78, 5) is -0.261. The lowest BCUT2D eigenvalue weighted by Gasteiger charge is -2.11. The van der Waals surface area contributed by atoms with E-state index in [1.807, 2.05) is 31.2 Å². The first-order valence-corrected chi connectivity index (χ1v) is 9.17. The summed E-state index contributed by atoms with van der Waals surface area (Å²) < 4.78 is 32.1. The monoisotopic (exact) mass is 371 g/mol. The number of azo groups is 1. The maximum atomic E-state index is 11.4. The summed E-state index contributed by atoms with van der Waals surface area (Å²) in [7, 11) is -2.78. The number of hydrogen-bond donors (Lipinski definition) is 3. The molecule has 0 fully saturated rings. The number of nitrogens with one attached hydrogen (secondary N) is 1. The van der Waals surface area contributed by atoms with E-state index in [2.05, 4.69) is 15.5 Å². The van der Waals surface area contributed by atoms with Gasteiger partial charge < -0.3 is 10.4 Å². The Morgan fingerprint density at radius 1 is 1.00 bits per heavy atom. The smallest absolute Gasteiger partial charge is 0.294 e. The maximum Gasteiger partial charge on any atom is 0.294 e. The Labute approximate surface area is 150 Å². The number of hydrogen-bond acceptors (Lipinski definition) is 6. The van der Waals surface area contributed by atoms with E-state index in [1.54, 1.807) is 13.1 Å². The fourth-order valence-corrected chi connectivity index (χ4v) is 3.10. The van der Waals surface area contributed by atoms with Crippen molar-refractivity contribution in [3.8, 4) is 5.75 Å². The largest absolute Gasteiger partial charge is 0.505 e. The van der Waals surface area contributed by atoms with Crippen LogP contribution >= 0.6 is 0 Å². The number of aromatic hydroxyl groups is 1. The van der Waals surface area contributed by atoms with Crippen LogP contribution in [0.2, 0.25) is 0 Å². The molecular formula is C18H17N3O4S. The second-order valence-corrected chi connectivity index (χ2v) is 7.18. The first-order valence-electron chi connectivity index (χ1n) is 7.73. The van der Waals surface area contributed by atoms with Crippen LogP contribution in [0.4, 0.5) is 17.1 Å². The average Bonchev–Trinajstić information content (AvgIpc) is 2.61. The molecule has 0 spiro atoms. The number of benzene rings is 3. The van der Waals surface area contributed by atoms with E-state index < -0.39 is 10.1 Å². The molecule has 134 valence electrons. The predicted molar refractivity (Wildman–Crippen MR) is 100 cm³/mol. The number of fused-ring (bicyclic) bond motifs is 1. The van der Waals surface area contributed by atoms with Gasteiger partial charge in [0.25, 0.3) is 10.1 Å². The van der Waals surface area contributed by atoms with Gasteiger partial charge in [0.1, 0.15) is 5.69 Å². The van der Waals surface area contributed by atoms with Gasteiger partial charge in [-0.3, -0.25) is 4.55 Å². The molecule has 3 N–H and O–H groups in total. The zero-order valence-electron chi connectivity index (χ0n) is 14.1. The summed E-state index contributed by atoms with van der Waals surface area (Å²) >= 11 is 0. The van der Waals surface area contributed by atoms with Gasteiger partial charge in [0.05, 0.1) is 10.6 Å². The van der Waals surface area contributed by atoms with E-state index in [4.69, 9.17) is 0 Å². The Morgan fingerprint density at radius 3 is 2.31 bits per heavy atom. The zero-order chi connectivity index (χ0) is 18.9. The number of rotatable bonds is 4. The summed E-state index contributed by atoms with van der Waals surface area (Å²) in [5, 5.41) is 22.4. The van der Waals surface area contributed by atoms with Crippen LogP contribution in [-0.4, -0.2) is 25.1 Å². The van der Waals surface area contributed by atoms with Gasteiger partial charge in [0.2, 0.25) is 0 Å². The van der Waals surface area contributed by atoms with Gasteiger partial charge in [0, 0.05) is 18.1 Å². The van der Waals surface area contributed by atoms with Crippen LogP contribution in [0.15, 0.2) is 63.7 Å². The highest BCUT2D eigenvalue weighted by Gasteiger charge is 2.16. The molecule has 7 nitrogen and oxygen atoms in total. The van der Waals surface area contributed by atoms with Crippen LogP contribution in [-0.2, 0) is 10.1 Å². The van der Waals surface area contributed by atoms with Crippen LogP contribution in [0.25, 0.3) is 10.8 Å². The molecule has 3 aromatic rings. The van der Waals surface area contributed by atoms with E-state index in [9.17, 15) is 18.1 Å². The van der Waals surface area contributed by atoms with Crippen molar-refractivity contribution >= 4 is 38.0 Å². The van der Waals surface area contributed by atoms with Gasteiger partial charge in [0.15, 0.2) is 5.75 Å². The summed E-state index contributed by atoms with van der Waals surface area (Å²) in [6.45, 7) is 1.97. The van der Waals surface area contributed by atoms with Crippen LogP contribution < -0.4 is 5.32 Å². The fourth-order valence-electron chi connectivity index (χ4n) is 2.56. The third-order valence-electron chi connectivity index (χ3n) is 3.92. The Bertz CT molecular complexity index is 1110. The molecule has 0 saturated heterocycles. The Kier molecular flexibility index (Phi) is 4.62. The molecule has 26 heavy (non-hydrogen) atoms. The number of nitrogens with zero attached hydrogens (tertiary/aromatic N) is 2. The van der Waals surface area contributed by atoms with E-state index in [1.165, 1.54) is 18.2 Å². The minimum atomic E-state index is -4.36. The second kappa shape index (κ2) is 6.74. The van der Waals surface area contributed by atoms with Crippen molar-refractivity contribution in [3.63, 3.8) is 0 Å². The van der Waals surface area contributed by atoms with E-state index in [0.29, 0.717) is 22.1 Å². The number of aryl methyl sites for hydroxylation is 1. The fraction of sp³-hybridized carbons (Fsp3) is 0.111. The molecule has 0 atom stereocenters. The van der Waals surface area contributed by atoms with Crippen molar-refractivity contribution < 1.29 is 18.1 Å². The van der Waals surface area contributed by atoms with Crippen molar-refractivity contribution in [2.24, 2.45) is 10.2 Å². The minimum Gasteiger partial charge on any atom is -0.505 e. The lowest BCUT2D eigenvalue weighted by molar-refractivity contribution is 0.480. The summed E-state index contributed by atoms with van der Waals surface area (Å²) in [5.74, 6) is -0.135. The highest BCUT2D eigenvalue weighted by molar-refractivity contribution is 7.85. The van der Waals surface area contributed by atoms with E-state index in [-0.39, 0.29) is 16.3 Å². The molecule has 0 amide bonds. The average molecular weight is 371 g/mol. The Hall–Kier alpha value is -2.97. The zero-order valence-corrected chi connectivity index (χ0v) is 14.9. The van der Waals surface area contributed by atoms with Gasteiger partial charge in [-0.15, -0.1) is 5.11 Å². The molecule has 0 saturated carbocycles. The van der Waals surface area contributed by atoms with Crippen molar-refractivity contribution in [1.82, 2.24) is 0 Å². The quantitative estimate of drug-likeness (QED) is 0.460. The molecule has 0 radical (unpaired) electrons. The molecule has 3 rings (SSSR count). The lowest BCUT2D eigenvalue weighted by atomic mass is 10.1. The van der Waals surface area contributed by atoms with Crippen LogP contribution in [0.1, 0.15) is 5.56 Å². The standard InChI is InChI=1S/C18H17N3O4S/c1-11-3-6-13(7-4-11)20-21-15-8-5-12-9-14(26(23,24)25)10-16(19-2)17(12)18(15)22/h3-10,19,22H,1-2H3,(H,23,24,25). The third-order valence-corrected chi connectivity index (χ3v) is 4.75. The SMILES string of the molecule is CNc1cc(S(=O)(=O)O)cc2ccc(N=Nc3ccc(C)cc3)c(O)c12. The Balaban J connectivity index is 2.12. The Morgan fingerprint density at radius 2 is 1.69 bits per heavy atom. The van der Waals surface area contributed by atoms with Crippen molar-refractivity contribution in [2.75, 3.05) is 12.4 Å². The number of phenols is 1. The van der Waals surface area contributed by atoms with E-state index in [0.717, 1.165) is 5.56 Å². The number of phenolic OH excluding ortho intramolecular Hbond substituents is 1. The molecule has 0 aliphatic rings. The third kappa shape index (κ3) is 3.51. The summed E-state index contributed by atoms with van der Waals surface area (Å²) in [6, 6.07) is 13.1. The molecule has 0 aliphatic heterocycles. The predicted octanol–water partition coefficient (Wildman–Crippen LogP) is 4.56. The highest BCUT2D eigenvalue weighted by Crippen LogP contribution is 2.40. The normalized spacial score (nSPS) is 12.0. The minimum absolute atomic E-state index is 0.135. The highest BCUT2D eigenvalue weighted by atomic mass is 32.2. The van der Waals surface area contributed by atoms with Crippen LogP contribution in [0, 0.1) is 6.92 Å². The van der Waals surface area contributed by atoms with Gasteiger partial charge in [-0.2, -0.15) is 13.5 Å². The van der Waals surface area contributed by atoms with Crippen LogP contribution in [0.5, 0.6) is 5.75 Å². The van der Waals surface area contributed by atoms with Gasteiger partial charge in [-0.25, -0.2) is 0 Å². The summed E-state index contributed by atoms with van der Waals surface area (Å²) in [5.41, 5.74) is 2.34. The van der Waals surface area contributed by atoms with Crippen molar-refractivity contribution in [3.05, 3.63) is 54.1 Å². The van der Waals surface area contributed by atoms with Crippen molar-refractivity contribution in [1.29, 1.82) is 0 Å². The molecule has 0 unspecified atom stereocenters. The molecule has 0 bridgehead atoms. The summed E-state index contributed by atoms with van der Waals surface area (Å²) in [6.07, 6.45) is 0. The molecule has 3 aromatic carbocycles. The molecular weight excluding hydrogens is 354 g/mol. The molecule has 0 aromatic heterocycles. The van der Waals surface area contributed by atoms with Crippen LogP contribution in [0.3, 0.4) is 0 Å². The first-order chi connectivity index (χ1) is 12.3. The second-order valence-electron chi connectivity index (χ2n) is 5.76. The maximum absolute atomic E-state index is 11.4. The van der Waals surface area contributed by atoms with Gasteiger partial charge in [-0.05, 0) is 42.6 Å². The first kappa shape index (κ1) is 17.8. The number of anilines is 1. The molecule has 0 heterocycles. The molecule has 0 aliphatic carbocycles. The van der Waals surface area contributed by atoms with Gasteiger partial charge in [-0.1, -0.05) is 23.8 Å².